The van der Waals surface area contributed by atoms with E-state index in [0.29, 0.717) is 0 Å². The Balaban J connectivity index is 1.72. The van der Waals surface area contributed by atoms with Gasteiger partial charge in [0.25, 0.3) is 0 Å². The van der Waals surface area contributed by atoms with Crippen LogP contribution >= 0.6 is 11.3 Å². The Bertz CT molecular complexity index is 227. The summed E-state index contributed by atoms with van der Waals surface area (Å²) in [4.78, 5) is 0. The molecular formula is C10H16N2S. The minimum Gasteiger partial charge on any atom is -0.384 e. The van der Waals surface area contributed by atoms with Crippen LogP contribution in [-0.2, 0) is 0 Å². The second-order valence-corrected chi connectivity index (χ2v) is 4.37. The molecule has 2 nitrogen and oxygen atoms in total. The van der Waals surface area contributed by atoms with Crippen molar-refractivity contribution in [2.45, 2.75) is 12.8 Å². The van der Waals surface area contributed by atoms with E-state index in [1.165, 1.54) is 31.6 Å². The maximum Gasteiger partial charge on any atom is 0.0448 e. The van der Waals surface area contributed by atoms with Crippen molar-refractivity contribution in [1.29, 1.82) is 0 Å². The van der Waals surface area contributed by atoms with E-state index in [1.54, 1.807) is 11.3 Å². The van der Waals surface area contributed by atoms with Gasteiger partial charge < -0.3 is 10.6 Å². The van der Waals surface area contributed by atoms with Crippen LogP contribution in [-0.4, -0.2) is 19.6 Å². The summed E-state index contributed by atoms with van der Waals surface area (Å²) in [7, 11) is 0. The van der Waals surface area contributed by atoms with Crippen LogP contribution in [0, 0.1) is 5.92 Å². The van der Waals surface area contributed by atoms with Gasteiger partial charge in [0.2, 0.25) is 0 Å². The summed E-state index contributed by atoms with van der Waals surface area (Å²) in [5.41, 5.74) is 1.28. The lowest BCUT2D eigenvalue weighted by Crippen LogP contribution is -2.31. The van der Waals surface area contributed by atoms with Gasteiger partial charge in [-0.15, -0.1) is 0 Å². The van der Waals surface area contributed by atoms with Gasteiger partial charge in [-0.2, -0.15) is 11.3 Å². The van der Waals surface area contributed by atoms with Crippen molar-refractivity contribution in [1.82, 2.24) is 5.32 Å². The summed E-state index contributed by atoms with van der Waals surface area (Å²) in [6.45, 7) is 3.52. The predicted molar refractivity (Wildman–Crippen MR) is 58.4 cm³/mol. The Kier molecular flexibility index (Phi) is 3.22. The van der Waals surface area contributed by atoms with Gasteiger partial charge in [0.15, 0.2) is 0 Å². The molecule has 2 rings (SSSR count). The molecule has 0 spiro atoms. The molecule has 2 N–H and O–H groups in total. The number of hydrogen-bond acceptors (Lipinski definition) is 3. The summed E-state index contributed by atoms with van der Waals surface area (Å²) in [6.07, 6.45) is 2.63. The lowest BCUT2D eigenvalue weighted by molar-refractivity contribution is 0.390. The highest BCUT2D eigenvalue weighted by atomic mass is 32.1. The Morgan fingerprint density at radius 2 is 2.31 bits per heavy atom. The number of anilines is 1. The molecule has 1 aliphatic heterocycles. The summed E-state index contributed by atoms with van der Waals surface area (Å²) in [5, 5.41) is 11.1. The van der Waals surface area contributed by atoms with E-state index in [9.17, 15) is 0 Å². The van der Waals surface area contributed by atoms with Crippen LogP contribution in [0.5, 0.6) is 0 Å². The molecular weight excluding hydrogens is 180 g/mol. The molecule has 1 fully saturated rings. The van der Waals surface area contributed by atoms with Crippen LogP contribution in [0.3, 0.4) is 0 Å². The monoisotopic (exact) mass is 196 g/mol. The predicted octanol–water partition coefficient (Wildman–Crippen LogP) is 2.16. The van der Waals surface area contributed by atoms with E-state index in [-0.39, 0.29) is 0 Å². The molecule has 1 aromatic rings. The highest BCUT2D eigenvalue weighted by molar-refractivity contribution is 7.08. The first-order valence-electron chi connectivity index (χ1n) is 4.92. The van der Waals surface area contributed by atoms with Crippen LogP contribution in [0.1, 0.15) is 12.8 Å². The summed E-state index contributed by atoms with van der Waals surface area (Å²) in [6, 6.07) is 2.14. The molecule has 1 saturated heterocycles. The molecule has 2 heterocycles. The van der Waals surface area contributed by atoms with Gasteiger partial charge in [-0.1, -0.05) is 0 Å². The number of rotatable bonds is 3. The third-order valence-electron chi connectivity index (χ3n) is 2.57. The fourth-order valence-corrected chi connectivity index (χ4v) is 2.33. The minimum absolute atomic E-state index is 0.862. The Labute approximate surface area is 83.4 Å². The minimum atomic E-state index is 0.862. The van der Waals surface area contributed by atoms with Crippen molar-refractivity contribution in [3.63, 3.8) is 0 Å². The van der Waals surface area contributed by atoms with E-state index in [4.69, 9.17) is 0 Å². The zero-order chi connectivity index (χ0) is 8.93. The van der Waals surface area contributed by atoms with Gasteiger partial charge in [0.05, 0.1) is 0 Å². The van der Waals surface area contributed by atoms with E-state index in [2.05, 4.69) is 27.5 Å². The van der Waals surface area contributed by atoms with Crippen molar-refractivity contribution in [2.24, 2.45) is 5.92 Å². The van der Waals surface area contributed by atoms with Gasteiger partial charge in [-0.3, -0.25) is 0 Å². The first-order chi connectivity index (χ1) is 6.45. The topological polar surface area (TPSA) is 24.1 Å². The number of nitrogens with one attached hydrogen (secondary N) is 2. The average Bonchev–Trinajstić information content (AvgIpc) is 2.69. The average molecular weight is 196 g/mol. The maximum atomic E-state index is 3.48. The third kappa shape index (κ3) is 2.71. The zero-order valence-corrected chi connectivity index (χ0v) is 8.57. The Morgan fingerprint density at radius 3 is 3.00 bits per heavy atom. The lowest BCUT2D eigenvalue weighted by atomic mass is 9.98. The quantitative estimate of drug-likeness (QED) is 0.774. The van der Waals surface area contributed by atoms with Crippen LogP contribution in [0.15, 0.2) is 16.8 Å². The Morgan fingerprint density at radius 1 is 1.46 bits per heavy atom. The van der Waals surface area contributed by atoms with Crippen molar-refractivity contribution in [3.8, 4) is 0 Å². The van der Waals surface area contributed by atoms with Gasteiger partial charge >= 0.3 is 0 Å². The SMILES string of the molecule is c1cc(NCC2CCNCC2)cs1. The van der Waals surface area contributed by atoms with Crippen molar-refractivity contribution in [3.05, 3.63) is 16.8 Å². The summed E-state index contributed by atoms with van der Waals surface area (Å²) in [5.74, 6) is 0.862. The van der Waals surface area contributed by atoms with Crippen LogP contribution in [0.25, 0.3) is 0 Å². The smallest absolute Gasteiger partial charge is 0.0448 e. The summed E-state index contributed by atoms with van der Waals surface area (Å²) >= 11 is 1.75. The molecule has 0 aliphatic carbocycles. The first-order valence-corrected chi connectivity index (χ1v) is 5.86. The molecule has 72 valence electrons. The molecule has 0 amide bonds. The highest BCUT2D eigenvalue weighted by Crippen LogP contribution is 2.15. The standard InChI is InChI=1S/C10H16N2S/c1-4-11-5-2-9(1)7-12-10-3-6-13-8-10/h3,6,8-9,11-12H,1-2,4-5,7H2. The fourth-order valence-electron chi connectivity index (χ4n) is 1.71. The van der Waals surface area contributed by atoms with E-state index < -0.39 is 0 Å². The molecule has 0 atom stereocenters. The first kappa shape index (κ1) is 9.03. The number of thiophene rings is 1. The van der Waals surface area contributed by atoms with Crippen LogP contribution in [0.2, 0.25) is 0 Å². The van der Waals surface area contributed by atoms with Crippen LogP contribution in [0.4, 0.5) is 5.69 Å². The molecule has 0 saturated carbocycles. The van der Waals surface area contributed by atoms with Crippen molar-refractivity contribution >= 4 is 17.0 Å². The normalized spacial score (nSPS) is 18.8. The van der Waals surface area contributed by atoms with Crippen LogP contribution < -0.4 is 10.6 Å². The molecule has 0 unspecified atom stereocenters. The van der Waals surface area contributed by atoms with Gasteiger partial charge in [-0.25, -0.2) is 0 Å². The number of piperidine rings is 1. The highest BCUT2D eigenvalue weighted by Gasteiger charge is 2.11. The van der Waals surface area contributed by atoms with Gasteiger partial charge in [0.1, 0.15) is 0 Å². The zero-order valence-electron chi connectivity index (χ0n) is 7.75. The maximum absolute atomic E-state index is 3.48. The second kappa shape index (κ2) is 4.63. The van der Waals surface area contributed by atoms with E-state index >= 15 is 0 Å². The Hall–Kier alpha value is -0.540. The fraction of sp³-hybridized carbons (Fsp3) is 0.600. The van der Waals surface area contributed by atoms with E-state index in [0.717, 1.165) is 12.5 Å². The molecule has 1 aliphatic rings. The molecule has 0 radical (unpaired) electrons. The van der Waals surface area contributed by atoms with E-state index in [1.807, 2.05) is 0 Å². The summed E-state index contributed by atoms with van der Waals surface area (Å²) < 4.78 is 0. The van der Waals surface area contributed by atoms with Crippen molar-refractivity contribution in [2.75, 3.05) is 25.0 Å². The second-order valence-electron chi connectivity index (χ2n) is 3.59. The molecule has 0 aromatic carbocycles. The largest absolute Gasteiger partial charge is 0.384 e. The third-order valence-corrected chi connectivity index (χ3v) is 3.26. The molecule has 0 bridgehead atoms. The van der Waals surface area contributed by atoms with Gasteiger partial charge in [-0.05, 0) is 43.3 Å². The molecule has 13 heavy (non-hydrogen) atoms. The van der Waals surface area contributed by atoms with Crippen molar-refractivity contribution < 1.29 is 0 Å². The molecule has 3 heteroatoms. The molecule has 1 aromatic heterocycles. The number of hydrogen-bond donors (Lipinski definition) is 2. The lowest BCUT2D eigenvalue weighted by Gasteiger charge is -2.22. The van der Waals surface area contributed by atoms with Gasteiger partial charge in [0, 0.05) is 17.6 Å².